The van der Waals surface area contributed by atoms with Crippen LogP contribution in [0, 0.1) is 5.92 Å². The summed E-state index contributed by atoms with van der Waals surface area (Å²) in [5, 5.41) is 8.61. The maximum absolute atomic E-state index is 12.9. The standard InChI is InChI=1S/C7H13FO2/c1-4-5(2)10-6(3-9)7(4)8/h4-7,9H,3H2,1-2H3/t4-,5?,6+,7-/m0/s1. The van der Waals surface area contributed by atoms with Crippen LogP contribution in [-0.4, -0.2) is 30.1 Å². The predicted octanol–water partition coefficient (Wildman–Crippen LogP) is 0.740. The van der Waals surface area contributed by atoms with Crippen molar-refractivity contribution in [2.75, 3.05) is 6.61 Å². The molecule has 1 aliphatic rings. The molecule has 0 spiro atoms. The number of halogens is 1. The van der Waals surface area contributed by atoms with Gasteiger partial charge in [0.05, 0.1) is 12.7 Å². The van der Waals surface area contributed by atoms with E-state index in [1.54, 1.807) is 6.92 Å². The predicted molar refractivity (Wildman–Crippen MR) is 35.5 cm³/mol. The van der Waals surface area contributed by atoms with Gasteiger partial charge in [0.1, 0.15) is 12.3 Å². The van der Waals surface area contributed by atoms with Crippen molar-refractivity contribution >= 4 is 0 Å². The number of aliphatic hydroxyl groups is 1. The van der Waals surface area contributed by atoms with E-state index in [-0.39, 0.29) is 18.6 Å². The van der Waals surface area contributed by atoms with Crippen LogP contribution in [0.2, 0.25) is 0 Å². The first-order valence-electron chi connectivity index (χ1n) is 3.57. The molecule has 0 radical (unpaired) electrons. The monoisotopic (exact) mass is 148 g/mol. The van der Waals surface area contributed by atoms with Crippen LogP contribution in [0.25, 0.3) is 0 Å². The molecular formula is C7H13FO2. The molecule has 3 heteroatoms. The smallest absolute Gasteiger partial charge is 0.133 e. The third-order valence-corrected chi connectivity index (χ3v) is 2.17. The lowest BCUT2D eigenvalue weighted by Gasteiger charge is -2.08. The molecule has 0 aromatic heterocycles. The minimum atomic E-state index is -1.00. The number of hydrogen-bond acceptors (Lipinski definition) is 2. The Morgan fingerprint density at radius 2 is 2.10 bits per heavy atom. The second-order valence-electron chi connectivity index (χ2n) is 2.87. The third kappa shape index (κ3) is 1.16. The first kappa shape index (κ1) is 7.95. The highest BCUT2D eigenvalue weighted by atomic mass is 19.1. The fraction of sp³-hybridized carbons (Fsp3) is 1.00. The molecule has 0 aromatic carbocycles. The van der Waals surface area contributed by atoms with Crippen LogP contribution in [0.1, 0.15) is 13.8 Å². The molecule has 10 heavy (non-hydrogen) atoms. The number of ether oxygens (including phenoxy) is 1. The SMILES string of the molecule is CC1O[C@H](CO)[C@@H](F)[C@H]1C. The summed E-state index contributed by atoms with van der Waals surface area (Å²) in [6, 6.07) is 0. The van der Waals surface area contributed by atoms with E-state index in [4.69, 9.17) is 9.84 Å². The van der Waals surface area contributed by atoms with E-state index < -0.39 is 12.3 Å². The van der Waals surface area contributed by atoms with Gasteiger partial charge in [-0.2, -0.15) is 0 Å². The van der Waals surface area contributed by atoms with Gasteiger partial charge >= 0.3 is 0 Å². The van der Waals surface area contributed by atoms with Crippen LogP contribution >= 0.6 is 0 Å². The Bertz CT molecular complexity index is 118. The fourth-order valence-corrected chi connectivity index (χ4v) is 1.22. The Morgan fingerprint density at radius 3 is 2.30 bits per heavy atom. The molecule has 0 aromatic rings. The lowest BCUT2D eigenvalue weighted by Crippen LogP contribution is -2.23. The van der Waals surface area contributed by atoms with Crippen molar-refractivity contribution in [3.63, 3.8) is 0 Å². The Balaban J connectivity index is 2.53. The highest BCUT2D eigenvalue weighted by Crippen LogP contribution is 2.28. The van der Waals surface area contributed by atoms with Gasteiger partial charge in [-0.1, -0.05) is 6.92 Å². The van der Waals surface area contributed by atoms with Crippen molar-refractivity contribution in [2.45, 2.75) is 32.2 Å². The van der Waals surface area contributed by atoms with Crippen molar-refractivity contribution in [1.29, 1.82) is 0 Å². The minimum absolute atomic E-state index is 0.0628. The second kappa shape index (κ2) is 2.84. The third-order valence-electron chi connectivity index (χ3n) is 2.17. The minimum Gasteiger partial charge on any atom is -0.394 e. The van der Waals surface area contributed by atoms with Crippen LogP contribution in [0.15, 0.2) is 0 Å². The van der Waals surface area contributed by atoms with Gasteiger partial charge in [-0.15, -0.1) is 0 Å². The molecular weight excluding hydrogens is 135 g/mol. The van der Waals surface area contributed by atoms with Crippen molar-refractivity contribution in [2.24, 2.45) is 5.92 Å². The van der Waals surface area contributed by atoms with Crippen LogP contribution in [0.3, 0.4) is 0 Å². The van der Waals surface area contributed by atoms with Crippen molar-refractivity contribution in [3.05, 3.63) is 0 Å². The van der Waals surface area contributed by atoms with E-state index >= 15 is 0 Å². The van der Waals surface area contributed by atoms with Gasteiger partial charge in [-0.05, 0) is 6.92 Å². The molecule has 1 fully saturated rings. The molecule has 0 amide bonds. The fourth-order valence-electron chi connectivity index (χ4n) is 1.22. The second-order valence-corrected chi connectivity index (χ2v) is 2.87. The Morgan fingerprint density at radius 1 is 1.50 bits per heavy atom. The lowest BCUT2D eigenvalue weighted by molar-refractivity contribution is -0.0000605. The number of aliphatic hydroxyl groups excluding tert-OH is 1. The van der Waals surface area contributed by atoms with Gasteiger partial charge in [0, 0.05) is 5.92 Å². The molecule has 0 bridgehead atoms. The lowest BCUT2D eigenvalue weighted by atomic mass is 10.0. The van der Waals surface area contributed by atoms with Crippen molar-refractivity contribution in [3.8, 4) is 0 Å². The van der Waals surface area contributed by atoms with E-state index in [9.17, 15) is 4.39 Å². The summed E-state index contributed by atoms with van der Waals surface area (Å²) >= 11 is 0. The highest BCUT2D eigenvalue weighted by molar-refractivity contribution is 4.85. The number of rotatable bonds is 1. The zero-order valence-electron chi connectivity index (χ0n) is 6.25. The van der Waals surface area contributed by atoms with Crippen LogP contribution in [0.4, 0.5) is 4.39 Å². The van der Waals surface area contributed by atoms with Gasteiger partial charge in [0.2, 0.25) is 0 Å². The van der Waals surface area contributed by atoms with E-state index in [0.717, 1.165) is 0 Å². The molecule has 0 aliphatic carbocycles. The summed E-state index contributed by atoms with van der Waals surface area (Å²) in [4.78, 5) is 0. The quantitative estimate of drug-likeness (QED) is 0.594. The first-order valence-corrected chi connectivity index (χ1v) is 3.57. The average Bonchev–Trinajstić information content (AvgIpc) is 2.17. The zero-order valence-corrected chi connectivity index (χ0v) is 6.25. The number of alkyl halides is 1. The first-order chi connectivity index (χ1) is 4.66. The van der Waals surface area contributed by atoms with Crippen molar-refractivity contribution in [1.82, 2.24) is 0 Å². The Hall–Kier alpha value is -0.150. The molecule has 1 rings (SSSR count). The van der Waals surface area contributed by atoms with Gasteiger partial charge < -0.3 is 9.84 Å². The van der Waals surface area contributed by atoms with E-state index in [1.165, 1.54) is 0 Å². The van der Waals surface area contributed by atoms with E-state index in [2.05, 4.69) is 0 Å². The summed E-state index contributed by atoms with van der Waals surface area (Å²) in [6.45, 7) is 3.41. The van der Waals surface area contributed by atoms with Gasteiger partial charge in [0.15, 0.2) is 0 Å². The molecule has 1 unspecified atom stereocenters. The summed E-state index contributed by atoms with van der Waals surface area (Å²) in [5.41, 5.74) is 0. The summed E-state index contributed by atoms with van der Waals surface area (Å²) in [6.07, 6.45) is -1.66. The number of hydrogen-bond donors (Lipinski definition) is 1. The molecule has 1 N–H and O–H groups in total. The van der Waals surface area contributed by atoms with Crippen LogP contribution in [0.5, 0.6) is 0 Å². The highest BCUT2D eigenvalue weighted by Gasteiger charge is 2.39. The summed E-state index contributed by atoms with van der Waals surface area (Å²) in [7, 11) is 0. The maximum Gasteiger partial charge on any atom is 0.133 e. The van der Waals surface area contributed by atoms with Gasteiger partial charge in [0.25, 0.3) is 0 Å². The summed E-state index contributed by atoms with van der Waals surface area (Å²) in [5.74, 6) is -0.0860. The van der Waals surface area contributed by atoms with E-state index in [0.29, 0.717) is 0 Å². The molecule has 60 valence electrons. The van der Waals surface area contributed by atoms with Gasteiger partial charge in [-0.25, -0.2) is 4.39 Å². The molecule has 1 saturated heterocycles. The molecule has 2 nitrogen and oxygen atoms in total. The maximum atomic E-state index is 12.9. The Labute approximate surface area is 60.0 Å². The molecule has 0 saturated carbocycles. The summed E-state index contributed by atoms with van der Waals surface area (Å²) < 4.78 is 18.1. The molecule has 1 heterocycles. The van der Waals surface area contributed by atoms with Crippen LogP contribution < -0.4 is 0 Å². The Kier molecular flexibility index (Phi) is 2.26. The topological polar surface area (TPSA) is 29.5 Å². The normalized spacial score (nSPS) is 48.0. The van der Waals surface area contributed by atoms with E-state index in [1.807, 2.05) is 6.92 Å². The largest absolute Gasteiger partial charge is 0.394 e. The van der Waals surface area contributed by atoms with Crippen molar-refractivity contribution < 1.29 is 14.2 Å². The molecule has 1 aliphatic heterocycles. The van der Waals surface area contributed by atoms with Gasteiger partial charge in [-0.3, -0.25) is 0 Å². The van der Waals surface area contributed by atoms with Crippen LogP contribution in [-0.2, 0) is 4.74 Å². The molecule has 4 atom stereocenters. The zero-order chi connectivity index (χ0) is 7.72. The average molecular weight is 148 g/mol.